The third kappa shape index (κ3) is 3.97. The third-order valence-corrected chi connectivity index (χ3v) is 3.65. The second kappa shape index (κ2) is 7.09. The minimum atomic E-state index is -0.919. The molecule has 0 bridgehead atoms. The number of carboxylic acids is 1. The van der Waals surface area contributed by atoms with Crippen molar-refractivity contribution >= 4 is 11.9 Å². The van der Waals surface area contributed by atoms with E-state index in [-0.39, 0.29) is 18.9 Å². The van der Waals surface area contributed by atoms with Crippen molar-refractivity contribution in [2.45, 2.75) is 27.2 Å². The second-order valence-corrected chi connectivity index (χ2v) is 5.45. The molecule has 1 aromatic heterocycles. The fourth-order valence-corrected chi connectivity index (χ4v) is 2.32. The molecule has 2 rings (SSSR count). The van der Waals surface area contributed by atoms with Gasteiger partial charge in [-0.3, -0.25) is 9.59 Å². The number of carbonyl (C=O) groups is 2. The number of benzene rings is 1. The van der Waals surface area contributed by atoms with E-state index >= 15 is 0 Å². The molecular formula is C17H21N3O3. The van der Waals surface area contributed by atoms with Gasteiger partial charge in [-0.2, -0.15) is 5.10 Å². The van der Waals surface area contributed by atoms with Crippen LogP contribution in [0.3, 0.4) is 0 Å². The molecule has 1 heterocycles. The van der Waals surface area contributed by atoms with Crippen LogP contribution in [0.15, 0.2) is 30.3 Å². The molecular weight excluding hydrogens is 294 g/mol. The number of rotatable bonds is 6. The lowest BCUT2D eigenvalue weighted by Gasteiger charge is -2.18. The van der Waals surface area contributed by atoms with Crippen LogP contribution in [0.2, 0.25) is 0 Å². The van der Waals surface area contributed by atoms with Crippen molar-refractivity contribution in [1.82, 2.24) is 14.7 Å². The van der Waals surface area contributed by atoms with Gasteiger partial charge in [0, 0.05) is 18.8 Å². The number of aryl methyl sites for hydroxylation is 2. The van der Waals surface area contributed by atoms with Gasteiger partial charge in [-0.05, 0) is 39.0 Å². The Hall–Kier alpha value is -2.63. The predicted octanol–water partition coefficient (Wildman–Crippen LogP) is 2.43. The fourth-order valence-electron chi connectivity index (χ4n) is 2.32. The summed E-state index contributed by atoms with van der Waals surface area (Å²) in [5.41, 5.74) is 3.23. The van der Waals surface area contributed by atoms with Crippen molar-refractivity contribution in [3.8, 4) is 5.69 Å². The van der Waals surface area contributed by atoms with E-state index < -0.39 is 5.97 Å². The first-order valence-electron chi connectivity index (χ1n) is 7.57. The maximum atomic E-state index is 12.5. The number of carboxylic acid groups (broad SMARTS) is 1. The second-order valence-electron chi connectivity index (χ2n) is 5.45. The lowest BCUT2D eigenvalue weighted by Crippen LogP contribution is -2.33. The van der Waals surface area contributed by atoms with Gasteiger partial charge in [0.15, 0.2) is 5.69 Å². The normalized spacial score (nSPS) is 10.6. The van der Waals surface area contributed by atoms with Gasteiger partial charge in [-0.25, -0.2) is 4.68 Å². The van der Waals surface area contributed by atoms with Crippen molar-refractivity contribution < 1.29 is 14.7 Å². The molecule has 6 heteroatoms. The molecule has 2 aromatic rings. The van der Waals surface area contributed by atoms with Gasteiger partial charge in [-0.15, -0.1) is 0 Å². The summed E-state index contributed by atoms with van der Waals surface area (Å²) in [6.45, 7) is 6.35. The molecule has 0 saturated heterocycles. The van der Waals surface area contributed by atoms with Crippen molar-refractivity contribution in [2.24, 2.45) is 0 Å². The summed E-state index contributed by atoms with van der Waals surface area (Å²) >= 11 is 0. The molecule has 0 fully saturated rings. The summed E-state index contributed by atoms with van der Waals surface area (Å²) in [6, 6.07) is 9.61. The van der Waals surface area contributed by atoms with Gasteiger partial charge in [-0.1, -0.05) is 17.7 Å². The lowest BCUT2D eigenvalue weighted by atomic mass is 10.2. The molecule has 1 aromatic carbocycles. The molecule has 0 aliphatic rings. The topological polar surface area (TPSA) is 75.4 Å². The highest BCUT2D eigenvalue weighted by Gasteiger charge is 2.19. The quantitative estimate of drug-likeness (QED) is 0.888. The minimum absolute atomic E-state index is 0.0722. The van der Waals surface area contributed by atoms with Crippen LogP contribution in [0.25, 0.3) is 5.69 Å². The SMILES string of the molecule is CCN(CCC(=O)O)C(=O)c1cc(C)n(-c2ccc(C)cc2)n1. The Morgan fingerprint density at radius 2 is 1.87 bits per heavy atom. The first kappa shape index (κ1) is 16.7. The number of hydrogen-bond acceptors (Lipinski definition) is 3. The van der Waals surface area contributed by atoms with Gasteiger partial charge in [0.05, 0.1) is 12.1 Å². The largest absolute Gasteiger partial charge is 0.481 e. The summed E-state index contributed by atoms with van der Waals surface area (Å²) in [5.74, 6) is -1.17. The van der Waals surface area contributed by atoms with Crippen LogP contribution in [0.4, 0.5) is 0 Å². The lowest BCUT2D eigenvalue weighted by molar-refractivity contribution is -0.137. The molecule has 6 nitrogen and oxygen atoms in total. The van der Waals surface area contributed by atoms with Crippen LogP contribution in [-0.2, 0) is 4.79 Å². The predicted molar refractivity (Wildman–Crippen MR) is 86.9 cm³/mol. The highest BCUT2D eigenvalue weighted by atomic mass is 16.4. The van der Waals surface area contributed by atoms with Crippen LogP contribution in [-0.4, -0.2) is 44.8 Å². The van der Waals surface area contributed by atoms with Crippen LogP contribution in [0.1, 0.15) is 35.1 Å². The fraction of sp³-hybridized carbons (Fsp3) is 0.353. The maximum Gasteiger partial charge on any atom is 0.305 e. The van der Waals surface area contributed by atoms with Crippen LogP contribution in [0.5, 0.6) is 0 Å². The molecule has 0 spiro atoms. The van der Waals surface area contributed by atoms with Gasteiger partial charge in [0.25, 0.3) is 5.91 Å². The molecule has 0 unspecified atom stereocenters. The Morgan fingerprint density at radius 3 is 2.43 bits per heavy atom. The number of hydrogen-bond donors (Lipinski definition) is 1. The van der Waals surface area contributed by atoms with Crippen molar-refractivity contribution in [3.63, 3.8) is 0 Å². The number of nitrogens with zero attached hydrogens (tertiary/aromatic N) is 3. The third-order valence-electron chi connectivity index (χ3n) is 3.65. The van der Waals surface area contributed by atoms with Crippen molar-refractivity contribution in [3.05, 3.63) is 47.3 Å². The van der Waals surface area contributed by atoms with E-state index in [2.05, 4.69) is 5.10 Å². The smallest absolute Gasteiger partial charge is 0.305 e. The zero-order chi connectivity index (χ0) is 17.0. The van der Waals surface area contributed by atoms with E-state index in [4.69, 9.17) is 5.11 Å². The Labute approximate surface area is 135 Å². The molecule has 0 atom stereocenters. The zero-order valence-electron chi connectivity index (χ0n) is 13.6. The highest BCUT2D eigenvalue weighted by molar-refractivity contribution is 5.92. The molecule has 0 aliphatic heterocycles. The van der Waals surface area contributed by atoms with Crippen molar-refractivity contribution in [2.75, 3.05) is 13.1 Å². The standard InChI is InChI=1S/C17H21N3O3/c1-4-19(10-9-16(21)22)17(23)15-11-13(3)20(18-15)14-7-5-12(2)6-8-14/h5-8,11H,4,9-10H2,1-3H3,(H,21,22). The van der Waals surface area contributed by atoms with Crippen molar-refractivity contribution in [1.29, 1.82) is 0 Å². The Kier molecular flexibility index (Phi) is 5.16. The average molecular weight is 315 g/mol. The van der Waals surface area contributed by atoms with Crippen LogP contribution < -0.4 is 0 Å². The van der Waals surface area contributed by atoms with E-state index in [0.717, 1.165) is 16.9 Å². The summed E-state index contributed by atoms with van der Waals surface area (Å²) in [5, 5.41) is 13.2. The first-order chi connectivity index (χ1) is 10.9. The number of carbonyl (C=O) groups excluding carboxylic acids is 1. The Bertz CT molecular complexity index is 704. The van der Waals surface area contributed by atoms with Gasteiger partial charge >= 0.3 is 5.97 Å². The average Bonchev–Trinajstić information content (AvgIpc) is 2.90. The maximum absolute atomic E-state index is 12.5. The van der Waals surface area contributed by atoms with E-state index in [1.165, 1.54) is 4.90 Å². The summed E-state index contributed by atoms with van der Waals surface area (Å²) < 4.78 is 1.72. The summed E-state index contributed by atoms with van der Waals surface area (Å²) in [6.07, 6.45) is -0.0722. The molecule has 0 aliphatic carbocycles. The Morgan fingerprint density at radius 1 is 1.22 bits per heavy atom. The monoisotopic (exact) mass is 315 g/mol. The van der Waals surface area contributed by atoms with E-state index in [0.29, 0.717) is 12.2 Å². The number of aliphatic carboxylic acids is 1. The molecule has 0 radical (unpaired) electrons. The summed E-state index contributed by atoms with van der Waals surface area (Å²) in [4.78, 5) is 24.7. The highest BCUT2D eigenvalue weighted by Crippen LogP contribution is 2.14. The first-order valence-corrected chi connectivity index (χ1v) is 7.57. The van der Waals surface area contributed by atoms with Crippen LogP contribution in [0, 0.1) is 13.8 Å². The number of amides is 1. The van der Waals surface area contributed by atoms with E-state index in [1.807, 2.05) is 45.0 Å². The Balaban J connectivity index is 2.23. The van der Waals surface area contributed by atoms with Crippen LogP contribution >= 0.6 is 0 Å². The summed E-state index contributed by atoms with van der Waals surface area (Å²) in [7, 11) is 0. The molecule has 1 amide bonds. The molecule has 0 saturated carbocycles. The molecule has 1 N–H and O–H groups in total. The minimum Gasteiger partial charge on any atom is -0.481 e. The zero-order valence-corrected chi connectivity index (χ0v) is 13.6. The van der Waals surface area contributed by atoms with E-state index in [9.17, 15) is 9.59 Å². The molecule has 23 heavy (non-hydrogen) atoms. The van der Waals surface area contributed by atoms with Gasteiger partial charge in [0.1, 0.15) is 0 Å². The van der Waals surface area contributed by atoms with Gasteiger partial charge in [0.2, 0.25) is 0 Å². The van der Waals surface area contributed by atoms with E-state index in [1.54, 1.807) is 10.7 Å². The van der Waals surface area contributed by atoms with Gasteiger partial charge < -0.3 is 10.0 Å². The number of aromatic nitrogens is 2. The molecule has 122 valence electrons.